The van der Waals surface area contributed by atoms with Crippen LogP contribution in [0.4, 0.5) is 5.82 Å². The number of hydrogen-bond acceptors (Lipinski definition) is 8. The SMILES string of the molecule is Cc1ccc2onc(N3CCN(CCC(C)(C)C(=O)N(N4CCOCC4)S(=O)O)CC3)c2c1. The van der Waals surface area contributed by atoms with Crippen molar-refractivity contribution in [2.75, 3.05) is 63.9 Å². The predicted octanol–water partition coefficient (Wildman–Crippen LogP) is 1.89. The number of hydrazine groups is 1. The first kappa shape index (κ1) is 24.1. The molecule has 2 saturated heterocycles. The second-order valence-electron chi connectivity index (χ2n) is 9.34. The molecule has 1 unspecified atom stereocenters. The van der Waals surface area contributed by atoms with Gasteiger partial charge in [0.15, 0.2) is 11.4 Å². The second kappa shape index (κ2) is 10.1. The maximum atomic E-state index is 13.2. The highest BCUT2D eigenvalue weighted by Crippen LogP contribution is 2.29. The number of benzene rings is 1. The molecule has 1 amide bonds. The summed E-state index contributed by atoms with van der Waals surface area (Å²) in [4.78, 5) is 17.8. The van der Waals surface area contributed by atoms with Crippen molar-refractivity contribution in [3.05, 3.63) is 23.8 Å². The standard InChI is InChI=1S/C22H33N5O5S/c1-17-4-5-19-18(16-17)20(23-32-19)25-10-8-24(9-11-25)7-6-22(2,3)21(28)27(33(29)30)26-12-14-31-15-13-26/h4-5,16H,6-15H2,1-3H3,(H,29,30). The third kappa shape index (κ3) is 5.38. The Morgan fingerprint density at radius 2 is 1.88 bits per heavy atom. The number of carbonyl (C=O) groups excluding carboxylic acids is 1. The maximum Gasteiger partial charge on any atom is 0.279 e. The van der Waals surface area contributed by atoms with Gasteiger partial charge in [0.2, 0.25) is 0 Å². The summed E-state index contributed by atoms with van der Waals surface area (Å²) in [7, 11) is 0. The van der Waals surface area contributed by atoms with Gasteiger partial charge in [-0.15, -0.1) is 0 Å². The van der Waals surface area contributed by atoms with E-state index in [4.69, 9.17) is 9.26 Å². The second-order valence-corrected chi connectivity index (χ2v) is 10.2. The van der Waals surface area contributed by atoms with E-state index in [9.17, 15) is 13.6 Å². The fourth-order valence-corrected chi connectivity index (χ4v) is 5.04. The number of aryl methyl sites for hydroxylation is 1. The van der Waals surface area contributed by atoms with Crippen LogP contribution in [0.25, 0.3) is 11.0 Å². The molecular formula is C22H33N5O5S. The highest BCUT2D eigenvalue weighted by molar-refractivity contribution is 7.77. The zero-order chi connectivity index (χ0) is 23.6. The molecule has 0 spiro atoms. The number of nitrogens with zero attached hydrogens (tertiary/aromatic N) is 5. The number of piperazine rings is 1. The smallest absolute Gasteiger partial charge is 0.279 e. The summed E-state index contributed by atoms with van der Waals surface area (Å²) < 4.78 is 33.5. The van der Waals surface area contributed by atoms with Crippen LogP contribution in [-0.2, 0) is 20.8 Å². The molecule has 2 fully saturated rings. The molecule has 0 bridgehead atoms. The van der Waals surface area contributed by atoms with Crippen molar-refractivity contribution in [2.24, 2.45) is 5.41 Å². The van der Waals surface area contributed by atoms with E-state index < -0.39 is 16.7 Å². The Morgan fingerprint density at radius 3 is 2.55 bits per heavy atom. The zero-order valence-electron chi connectivity index (χ0n) is 19.5. The number of anilines is 1. The van der Waals surface area contributed by atoms with E-state index in [2.05, 4.69) is 27.9 Å². The number of rotatable bonds is 7. The Hall–Kier alpha value is -2.05. The van der Waals surface area contributed by atoms with Gasteiger partial charge in [0.25, 0.3) is 17.2 Å². The summed E-state index contributed by atoms with van der Waals surface area (Å²) in [6.45, 7) is 11.6. The molecule has 33 heavy (non-hydrogen) atoms. The molecule has 4 rings (SSSR count). The molecule has 1 aromatic carbocycles. The van der Waals surface area contributed by atoms with E-state index in [-0.39, 0.29) is 5.91 Å². The van der Waals surface area contributed by atoms with Crippen LogP contribution in [0.1, 0.15) is 25.8 Å². The van der Waals surface area contributed by atoms with Gasteiger partial charge in [-0.1, -0.05) is 30.6 Å². The van der Waals surface area contributed by atoms with Crippen molar-refractivity contribution in [2.45, 2.75) is 27.2 Å². The summed E-state index contributed by atoms with van der Waals surface area (Å²) in [5.74, 6) is 0.545. The Kier molecular flexibility index (Phi) is 7.34. The molecule has 0 aliphatic carbocycles. The Bertz CT molecular complexity index is 998. The minimum Gasteiger partial charge on any atom is -0.379 e. The minimum absolute atomic E-state index is 0.340. The molecule has 1 aromatic heterocycles. The van der Waals surface area contributed by atoms with Crippen LogP contribution in [0.5, 0.6) is 0 Å². The first-order valence-electron chi connectivity index (χ1n) is 11.4. The van der Waals surface area contributed by atoms with E-state index in [0.29, 0.717) is 32.7 Å². The average Bonchev–Trinajstić information content (AvgIpc) is 3.21. The quantitative estimate of drug-likeness (QED) is 0.596. The molecule has 3 heterocycles. The average molecular weight is 480 g/mol. The van der Waals surface area contributed by atoms with Crippen LogP contribution >= 0.6 is 0 Å². The summed E-state index contributed by atoms with van der Waals surface area (Å²) >= 11 is -2.40. The van der Waals surface area contributed by atoms with Gasteiger partial charge in [-0.25, -0.2) is 4.21 Å². The summed E-state index contributed by atoms with van der Waals surface area (Å²) in [6.07, 6.45) is 0.593. The van der Waals surface area contributed by atoms with Crippen molar-refractivity contribution in [3.63, 3.8) is 0 Å². The molecule has 2 aromatic rings. The highest BCUT2D eigenvalue weighted by Gasteiger charge is 2.38. The first-order chi connectivity index (χ1) is 15.8. The number of fused-ring (bicyclic) bond motifs is 1. The van der Waals surface area contributed by atoms with Gasteiger partial charge < -0.3 is 14.2 Å². The van der Waals surface area contributed by atoms with E-state index >= 15 is 0 Å². The van der Waals surface area contributed by atoms with Gasteiger partial charge in [-0.2, -0.15) is 9.42 Å². The molecule has 0 radical (unpaired) electrons. The van der Waals surface area contributed by atoms with Crippen LogP contribution in [0.3, 0.4) is 0 Å². The lowest BCUT2D eigenvalue weighted by Crippen LogP contribution is -2.56. The van der Waals surface area contributed by atoms with Gasteiger partial charge in [0.05, 0.1) is 18.6 Å². The monoisotopic (exact) mass is 479 g/mol. The molecule has 11 heteroatoms. The molecule has 0 saturated carbocycles. The largest absolute Gasteiger partial charge is 0.379 e. The lowest BCUT2D eigenvalue weighted by molar-refractivity contribution is -0.152. The predicted molar refractivity (Wildman–Crippen MR) is 126 cm³/mol. The number of hydrogen-bond donors (Lipinski definition) is 1. The van der Waals surface area contributed by atoms with Crippen molar-refractivity contribution < 1.29 is 22.8 Å². The molecular weight excluding hydrogens is 446 g/mol. The molecule has 2 aliphatic rings. The highest BCUT2D eigenvalue weighted by atomic mass is 32.2. The fraction of sp³-hybridized carbons (Fsp3) is 0.636. The number of amides is 1. The third-order valence-electron chi connectivity index (χ3n) is 6.48. The Labute approximate surface area is 196 Å². The summed E-state index contributed by atoms with van der Waals surface area (Å²) in [5, 5.41) is 6.94. The van der Waals surface area contributed by atoms with E-state index in [0.717, 1.165) is 53.9 Å². The van der Waals surface area contributed by atoms with Crippen molar-refractivity contribution in [1.29, 1.82) is 0 Å². The number of carbonyl (C=O) groups is 1. The first-order valence-corrected chi connectivity index (χ1v) is 12.4. The number of morpholine rings is 1. The van der Waals surface area contributed by atoms with Gasteiger partial charge in [0.1, 0.15) is 0 Å². The zero-order valence-corrected chi connectivity index (χ0v) is 20.3. The normalized spacial score (nSPS) is 19.7. The Balaban J connectivity index is 1.33. The molecule has 182 valence electrons. The third-order valence-corrected chi connectivity index (χ3v) is 7.17. The Morgan fingerprint density at radius 1 is 1.18 bits per heavy atom. The molecule has 10 nitrogen and oxygen atoms in total. The van der Waals surface area contributed by atoms with E-state index in [1.54, 1.807) is 5.01 Å². The van der Waals surface area contributed by atoms with Crippen LogP contribution in [0, 0.1) is 12.3 Å². The van der Waals surface area contributed by atoms with E-state index in [1.807, 2.05) is 26.0 Å². The molecule has 1 atom stereocenters. The topological polar surface area (TPSA) is 103 Å². The van der Waals surface area contributed by atoms with Crippen molar-refractivity contribution >= 4 is 34.0 Å². The van der Waals surface area contributed by atoms with Crippen LogP contribution in [-0.4, -0.2) is 93.2 Å². The molecule has 1 N–H and O–H groups in total. The minimum atomic E-state index is -2.40. The van der Waals surface area contributed by atoms with Gasteiger partial charge in [-0.3, -0.25) is 14.2 Å². The number of aromatic nitrogens is 1. The molecule has 2 aliphatic heterocycles. The maximum absolute atomic E-state index is 13.2. The summed E-state index contributed by atoms with van der Waals surface area (Å²) in [5.41, 5.74) is 1.20. The fourth-order valence-electron chi connectivity index (χ4n) is 4.29. The summed E-state index contributed by atoms with van der Waals surface area (Å²) in [6, 6.07) is 6.08. The van der Waals surface area contributed by atoms with Crippen molar-refractivity contribution in [3.8, 4) is 0 Å². The van der Waals surface area contributed by atoms with E-state index in [1.165, 1.54) is 5.56 Å². The number of ether oxygens (including phenoxy) is 1. The van der Waals surface area contributed by atoms with Crippen LogP contribution in [0.15, 0.2) is 22.7 Å². The van der Waals surface area contributed by atoms with Crippen LogP contribution < -0.4 is 4.90 Å². The van der Waals surface area contributed by atoms with Gasteiger partial charge >= 0.3 is 0 Å². The van der Waals surface area contributed by atoms with Gasteiger partial charge in [-0.05, 0) is 32.0 Å². The van der Waals surface area contributed by atoms with Gasteiger partial charge in [0, 0.05) is 44.7 Å². The van der Waals surface area contributed by atoms with Crippen LogP contribution in [0.2, 0.25) is 0 Å². The lowest BCUT2D eigenvalue weighted by Gasteiger charge is -2.39. The lowest BCUT2D eigenvalue weighted by atomic mass is 9.88. The van der Waals surface area contributed by atoms with Crippen molar-refractivity contribution in [1.82, 2.24) is 19.5 Å².